The van der Waals surface area contributed by atoms with Crippen LogP contribution in [0.2, 0.25) is 5.02 Å². The Balaban J connectivity index is 1.88. The predicted octanol–water partition coefficient (Wildman–Crippen LogP) is 6.20. The van der Waals surface area contributed by atoms with Crippen molar-refractivity contribution in [1.82, 2.24) is 4.57 Å². The van der Waals surface area contributed by atoms with Crippen LogP contribution in [0.25, 0.3) is 10.9 Å². The number of azo groups is 1. The summed E-state index contributed by atoms with van der Waals surface area (Å²) in [6, 6.07) is 13.3. The molecule has 2 aromatic carbocycles. The number of hydrogen-bond donors (Lipinski definition) is 2. The number of para-hydroxylation sites is 1. The molecule has 0 unspecified atom stereocenters. The Labute approximate surface area is 162 Å². The van der Waals surface area contributed by atoms with Crippen molar-refractivity contribution < 1.29 is 5.11 Å². The molecule has 5 nitrogen and oxygen atoms in total. The third-order valence-corrected chi connectivity index (χ3v) is 4.47. The fourth-order valence-electron chi connectivity index (χ4n) is 2.78. The van der Waals surface area contributed by atoms with Gasteiger partial charge in [-0.15, -0.1) is 10.2 Å². The molecule has 134 valence electrons. The van der Waals surface area contributed by atoms with Gasteiger partial charge >= 0.3 is 0 Å². The van der Waals surface area contributed by atoms with Crippen LogP contribution in [0.15, 0.2) is 52.7 Å². The number of hydrogen-bond acceptors (Lipinski definition) is 3. The van der Waals surface area contributed by atoms with Crippen LogP contribution < -0.4 is 5.32 Å². The number of nitrogens with zero attached hydrogens (tertiary/aromatic N) is 3. The van der Waals surface area contributed by atoms with E-state index in [0.717, 1.165) is 22.9 Å². The number of aryl methyl sites for hydroxylation is 2. The molecule has 1 aromatic heterocycles. The van der Waals surface area contributed by atoms with Crippen molar-refractivity contribution in [3.05, 3.63) is 53.1 Å². The SMILES string of the molecule is CCCn1c(O)c(N=NC(=S)Nc2ccc(C)cc2Cl)c2ccccc21. The number of thiocarbonyl (C=S) groups is 1. The van der Waals surface area contributed by atoms with Crippen LogP contribution in [-0.4, -0.2) is 14.8 Å². The Hall–Kier alpha value is -2.44. The maximum atomic E-state index is 10.5. The molecule has 0 aliphatic carbocycles. The molecule has 0 spiro atoms. The lowest BCUT2D eigenvalue weighted by molar-refractivity contribution is 0.421. The largest absolute Gasteiger partial charge is 0.493 e. The lowest BCUT2D eigenvalue weighted by Gasteiger charge is -2.06. The Morgan fingerprint density at radius 3 is 2.77 bits per heavy atom. The highest BCUT2D eigenvalue weighted by atomic mass is 35.5. The van der Waals surface area contributed by atoms with E-state index in [-0.39, 0.29) is 11.0 Å². The molecule has 0 atom stereocenters. The molecule has 0 amide bonds. The number of aromatic nitrogens is 1. The van der Waals surface area contributed by atoms with Gasteiger partial charge in [0, 0.05) is 11.9 Å². The van der Waals surface area contributed by atoms with E-state index in [1.807, 2.05) is 54.0 Å². The molecule has 0 saturated heterocycles. The highest BCUT2D eigenvalue weighted by Crippen LogP contribution is 2.39. The van der Waals surface area contributed by atoms with Gasteiger partial charge in [-0.25, -0.2) is 0 Å². The van der Waals surface area contributed by atoms with Crippen LogP contribution in [0.1, 0.15) is 18.9 Å². The zero-order valence-electron chi connectivity index (χ0n) is 14.5. The monoisotopic (exact) mass is 386 g/mol. The Morgan fingerprint density at radius 1 is 1.27 bits per heavy atom. The van der Waals surface area contributed by atoms with Gasteiger partial charge in [-0.3, -0.25) is 0 Å². The van der Waals surface area contributed by atoms with E-state index >= 15 is 0 Å². The molecule has 2 N–H and O–H groups in total. The van der Waals surface area contributed by atoms with Gasteiger partial charge in [-0.1, -0.05) is 42.8 Å². The maximum Gasteiger partial charge on any atom is 0.220 e. The van der Waals surface area contributed by atoms with E-state index in [1.54, 1.807) is 0 Å². The summed E-state index contributed by atoms with van der Waals surface area (Å²) in [6.07, 6.45) is 0.898. The fraction of sp³-hybridized carbons (Fsp3) is 0.211. The second-order valence-electron chi connectivity index (χ2n) is 5.95. The number of fused-ring (bicyclic) bond motifs is 1. The standard InChI is InChI=1S/C19H19ClN4OS/c1-3-10-24-16-7-5-4-6-13(16)17(18(24)25)22-23-19(26)21-15-9-8-12(2)11-14(15)20/h4-9,11,25H,3,10H2,1-2H3,(H,21,26). The lowest BCUT2D eigenvalue weighted by Crippen LogP contribution is -2.05. The smallest absolute Gasteiger partial charge is 0.220 e. The molecule has 26 heavy (non-hydrogen) atoms. The van der Waals surface area contributed by atoms with E-state index in [4.69, 9.17) is 23.8 Å². The van der Waals surface area contributed by atoms with Crippen molar-refractivity contribution in [1.29, 1.82) is 0 Å². The quantitative estimate of drug-likeness (QED) is 0.414. The number of nitrogens with one attached hydrogen (secondary N) is 1. The Bertz CT molecular complexity index is 997. The Kier molecular flexibility index (Phi) is 5.54. The van der Waals surface area contributed by atoms with Crippen molar-refractivity contribution >= 4 is 51.2 Å². The third-order valence-electron chi connectivity index (χ3n) is 3.97. The summed E-state index contributed by atoms with van der Waals surface area (Å²) in [7, 11) is 0. The van der Waals surface area contributed by atoms with Crippen LogP contribution in [-0.2, 0) is 6.54 Å². The third kappa shape index (κ3) is 3.71. The number of anilines is 1. The van der Waals surface area contributed by atoms with Crippen LogP contribution in [0.5, 0.6) is 5.88 Å². The van der Waals surface area contributed by atoms with Crippen molar-refractivity contribution in [2.75, 3.05) is 5.32 Å². The molecule has 0 bridgehead atoms. The Morgan fingerprint density at radius 2 is 2.04 bits per heavy atom. The first kappa shape index (κ1) is 18.4. The summed E-state index contributed by atoms with van der Waals surface area (Å²) in [5, 5.41) is 23.3. The first-order chi connectivity index (χ1) is 12.5. The van der Waals surface area contributed by atoms with E-state index < -0.39 is 0 Å². The summed E-state index contributed by atoms with van der Waals surface area (Å²) in [4.78, 5) is 0. The highest BCUT2D eigenvalue weighted by molar-refractivity contribution is 7.80. The molecule has 0 fully saturated rings. The van der Waals surface area contributed by atoms with Gasteiger partial charge in [0.1, 0.15) is 0 Å². The second-order valence-corrected chi connectivity index (χ2v) is 6.75. The minimum atomic E-state index is 0.0907. The van der Waals surface area contributed by atoms with Crippen LogP contribution in [0.4, 0.5) is 11.4 Å². The average Bonchev–Trinajstić information content (AvgIpc) is 2.88. The fourth-order valence-corrected chi connectivity index (χ4v) is 3.21. The van der Waals surface area contributed by atoms with Gasteiger partial charge in [0.25, 0.3) is 0 Å². The first-order valence-corrected chi connectivity index (χ1v) is 9.09. The molecule has 0 aliphatic rings. The van der Waals surface area contributed by atoms with Gasteiger partial charge in [0.05, 0.1) is 16.2 Å². The van der Waals surface area contributed by atoms with Gasteiger partial charge in [-0.05, 0) is 49.3 Å². The summed E-state index contributed by atoms with van der Waals surface area (Å²) in [5.74, 6) is 0.0907. The number of benzene rings is 2. The molecule has 0 radical (unpaired) electrons. The van der Waals surface area contributed by atoms with Crippen LogP contribution in [0, 0.1) is 6.92 Å². The normalized spacial score (nSPS) is 11.3. The number of rotatable bonds is 4. The van der Waals surface area contributed by atoms with E-state index in [9.17, 15) is 5.11 Å². The molecule has 3 rings (SSSR count). The molecule has 1 heterocycles. The summed E-state index contributed by atoms with van der Waals surface area (Å²) in [5.41, 5.74) is 3.05. The zero-order valence-corrected chi connectivity index (χ0v) is 16.1. The molecule has 0 aliphatic heterocycles. The molecule has 7 heteroatoms. The molecule has 3 aromatic rings. The summed E-state index contributed by atoms with van der Waals surface area (Å²) < 4.78 is 1.83. The predicted molar refractivity (Wildman–Crippen MR) is 111 cm³/mol. The van der Waals surface area contributed by atoms with Crippen LogP contribution >= 0.6 is 23.8 Å². The lowest BCUT2D eigenvalue weighted by atomic mass is 10.2. The van der Waals surface area contributed by atoms with Crippen molar-refractivity contribution in [2.45, 2.75) is 26.8 Å². The van der Waals surface area contributed by atoms with E-state index in [1.165, 1.54) is 0 Å². The van der Waals surface area contributed by atoms with Gasteiger partial charge < -0.3 is 15.0 Å². The van der Waals surface area contributed by atoms with Crippen molar-refractivity contribution in [2.24, 2.45) is 10.2 Å². The highest BCUT2D eigenvalue weighted by Gasteiger charge is 2.15. The van der Waals surface area contributed by atoms with Gasteiger partial charge in [0.2, 0.25) is 11.0 Å². The van der Waals surface area contributed by atoms with Gasteiger partial charge in [-0.2, -0.15) is 0 Å². The zero-order chi connectivity index (χ0) is 18.7. The minimum Gasteiger partial charge on any atom is -0.493 e. The van der Waals surface area contributed by atoms with Crippen molar-refractivity contribution in [3.63, 3.8) is 0 Å². The topological polar surface area (TPSA) is 61.9 Å². The maximum absolute atomic E-state index is 10.5. The average molecular weight is 387 g/mol. The summed E-state index contributed by atoms with van der Waals surface area (Å²) >= 11 is 11.4. The number of aromatic hydroxyl groups is 1. The molecule has 0 saturated carbocycles. The van der Waals surface area contributed by atoms with Crippen LogP contribution in [0.3, 0.4) is 0 Å². The van der Waals surface area contributed by atoms with E-state index in [0.29, 0.717) is 22.9 Å². The number of halogens is 1. The molecular formula is C19H19ClN4OS. The summed E-state index contributed by atoms with van der Waals surface area (Å²) in [6.45, 7) is 4.71. The second kappa shape index (κ2) is 7.85. The van der Waals surface area contributed by atoms with Crippen molar-refractivity contribution in [3.8, 4) is 5.88 Å². The minimum absolute atomic E-state index is 0.0907. The van der Waals surface area contributed by atoms with Gasteiger partial charge in [0.15, 0.2) is 5.69 Å². The first-order valence-electron chi connectivity index (χ1n) is 8.30. The molecular weight excluding hydrogens is 368 g/mol. The van der Waals surface area contributed by atoms with E-state index in [2.05, 4.69) is 22.5 Å².